The molecule has 1 aliphatic rings. The highest BCUT2D eigenvalue weighted by Crippen LogP contribution is 2.34. The third kappa shape index (κ3) is 2.97. The van der Waals surface area contributed by atoms with Crippen LogP contribution in [0.3, 0.4) is 0 Å². The Balaban J connectivity index is 1.75. The van der Waals surface area contributed by atoms with E-state index < -0.39 is 5.91 Å². The molecule has 4 nitrogen and oxygen atoms in total. The summed E-state index contributed by atoms with van der Waals surface area (Å²) in [5.74, 6) is -1.08. The number of rotatable bonds is 2. The van der Waals surface area contributed by atoms with Crippen LogP contribution < -0.4 is 5.32 Å². The quantitative estimate of drug-likeness (QED) is 0.439. The van der Waals surface area contributed by atoms with Crippen molar-refractivity contribution in [3.8, 4) is 0 Å². The third-order valence-electron chi connectivity index (χ3n) is 4.69. The number of carbonyl (C=O) groups excluding carboxylic acids is 3. The number of halogens is 2. The highest BCUT2D eigenvalue weighted by Gasteiger charge is 2.33. The molecule has 0 atom stereocenters. The fourth-order valence-electron chi connectivity index (χ4n) is 3.24. The fraction of sp³-hybridized carbons (Fsp3) is 0.0455. The van der Waals surface area contributed by atoms with Crippen molar-refractivity contribution >= 4 is 50.7 Å². The highest BCUT2D eigenvalue weighted by molar-refractivity contribution is 9.10. The van der Waals surface area contributed by atoms with Crippen molar-refractivity contribution in [1.82, 2.24) is 0 Å². The van der Waals surface area contributed by atoms with Gasteiger partial charge in [0.1, 0.15) is 0 Å². The first-order valence-electron chi connectivity index (χ1n) is 8.47. The van der Waals surface area contributed by atoms with Gasteiger partial charge in [-0.15, -0.1) is 0 Å². The second-order valence-corrected chi connectivity index (χ2v) is 7.70. The van der Waals surface area contributed by atoms with Crippen molar-refractivity contribution < 1.29 is 14.4 Å². The molecular formula is C22H13BrClNO3. The molecule has 4 rings (SSSR count). The van der Waals surface area contributed by atoms with E-state index in [2.05, 4.69) is 21.2 Å². The summed E-state index contributed by atoms with van der Waals surface area (Å²) in [6.45, 7) is 1.91. The second kappa shape index (κ2) is 7.00. The molecule has 1 amide bonds. The summed E-state index contributed by atoms with van der Waals surface area (Å²) in [6.07, 6.45) is 0. The summed E-state index contributed by atoms with van der Waals surface area (Å²) in [5, 5.41) is 2.76. The van der Waals surface area contributed by atoms with Crippen LogP contribution in [-0.4, -0.2) is 17.5 Å². The van der Waals surface area contributed by atoms with Gasteiger partial charge in [-0.1, -0.05) is 51.8 Å². The van der Waals surface area contributed by atoms with Gasteiger partial charge < -0.3 is 5.32 Å². The zero-order valence-corrected chi connectivity index (χ0v) is 17.0. The maximum absolute atomic E-state index is 12.9. The Bertz CT molecular complexity index is 1190. The first kappa shape index (κ1) is 18.6. The summed E-state index contributed by atoms with van der Waals surface area (Å²) in [5.41, 5.74) is 2.64. The average Bonchev–Trinajstić information content (AvgIpc) is 2.68. The predicted molar refractivity (Wildman–Crippen MR) is 112 cm³/mol. The average molecular weight is 455 g/mol. The van der Waals surface area contributed by atoms with Crippen LogP contribution in [0.5, 0.6) is 0 Å². The molecule has 138 valence electrons. The molecule has 0 aromatic heterocycles. The summed E-state index contributed by atoms with van der Waals surface area (Å²) in [6, 6.07) is 15.0. The normalized spacial score (nSPS) is 12.4. The van der Waals surface area contributed by atoms with Crippen molar-refractivity contribution in [2.75, 3.05) is 5.32 Å². The topological polar surface area (TPSA) is 63.2 Å². The molecule has 0 saturated carbocycles. The third-order valence-corrected chi connectivity index (χ3v) is 5.97. The van der Waals surface area contributed by atoms with Crippen molar-refractivity contribution in [3.05, 3.63) is 97.5 Å². The number of benzene rings is 3. The molecule has 1 N–H and O–H groups in total. The minimum Gasteiger partial charge on any atom is -0.322 e. The molecule has 0 unspecified atom stereocenters. The highest BCUT2D eigenvalue weighted by atomic mass is 79.9. The van der Waals surface area contributed by atoms with E-state index in [4.69, 9.17) is 11.6 Å². The number of aryl methyl sites for hydroxylation is 1. The standard InChI is InChI=1S/C22H13BrClNO3/c1-11-10-12(6-9-17(11)23)25-22(28)16-8-7-15-18(19(16)24)21(27)14-5-3-2-4-13(14)20(15)26/h2-10H,1H3,(H,25,28). The Morgan fingerprint density at radius 3 is 2.29 bits per heavy atom. The zero-order valence-electron chi connectivity index (χ0n) is 14.7. The summed E-state index contributed by atoms with van der Waals surface area (Å²) < 4.78 is 0.931. The van der Waals surface area contributed by atoms with E-state index in [1.54, 1.807) is 30.3 Å². The maximum atomic E-state index is 12.9. The van der Waals surface area contributed by atoms with Crippen LogP contribution in [0.25, 0.3) is 0 Å². The Hall–Kier alpha value is -2.76. The molecule has 3 aromatic rings. The summed E-state index contributed by atoms with van der Waals surface area (Å²) in [4.78, 5) is 38.4. The first-order chi connectivity index (χ1) is 13.4. The Morgan fingerprint density at radius 2 is 1.61 bits per heavy atom. The second-order valence-electron chi connectivity index (χ2n) is 6.47. The smallest absolute Gasteiger partial charge is 0.257 e. The SMILES string of the molecule is Cc1cc(NC(=O)c2ccc3c(c2Cl)C(=O)c2ccccc2C3=O)ccc1Br. The number of anilines is 1. The molecule has 0 bridgehead atoms. The molecule has 0 fully saturated rings. The lowest BCUT2D eigenvalue weighted by Crippen LogP contribution is -2.23. The van der Waals surface area contributed by atoms with E-state index >= 15 is 0 Å². The first-order valence-corrected chi connectivity index (χ1v) is 9.64. The molecular weight excluding hydrogens is 442 g/mol. The lowest BCUT2D eigenvalue weighted by Gasteiger charge is -2.19. The number of hydrogen-bond donors (Lipinski definition) is 1. The molecule has 0 heterocycles. The van der Waals surface area contributed by atoms with Crippen molar-refractivity contribution in [3.63, 3.8) is 0 Å². The van der Waals surface area contributed by atoms with Gasteiger partial charge >= 0.3 is 0 Å². The van der Waals surface area contributed by atoms with Crippen LogP contribution in [-0.2, 0) is 0 Å². The molecule has 0 radical (unpaired) electrons. The summed E-state index contributed by atoms with van der Waals surface area (Å²) >= 11 is 9.85. The number of ketones is 2. The van der Waals surface area contributed by atoms with Gasteiger partial charge in [-0.2, -0.15) is 0 Å². The lowest BCUT2D eigenvalue weighted by atomic mass is 9.83. The van der Waals surface area contributed by atoms with Gasteiger partial charge in [-0.05, 0) is 42.8 Å². The van der Waals surface area contributed by atoms with E-state index in [1.165, 1.54) is 12.1 Å². The van der Waals surface area contributed by atoms with Gasteiger partial charge in [0, 0.05) is 26.9 Å². The van der Waals surface area contributed by atoms with Crippen LogP contribution in [0, 0.1) is 6.92 Å². The van der Waals surface area contributed by atoms with Crippen molar-refractivity contribution in [1.29, 1.82) is 0 Å². The van der Waals surface area contributed by atoms with E-state index in [9.17, 15) is 14.4 Å². The van der Waals surface area contributed by atoms with Gasteiger partial charge in [-0.25, -0.2) is 0 Å². The van der Waals surface area contributed by atoms with Crippen LogP contribution in [0.4, 0.5) is 5.69 Å². The monoisotopic (exact) mass is 453 g/mol. The summed E-state index contributed by atoms with van der Waals surface area (Å²) in [7, 11) is 0. The van der Waals surface area contributed by atoms with Crippen LogP contribution >= 0.6 is 27.5 Å². The minimum absolute atomic E-state index is 0.0170. The predicted octanol–water partition coefficient (Wildman–Crippen LogP) is 5.44. The maximum Gasteiger partial charge on any atom is 0.257 e. The Morgan fingerprint density at radius 1 is 0.929 bits per heavy atom. The Labute approximate surface area is 174 Å². The number of carbonyl (C=O) groups is 3. The largest absolute Gasteiger partial charge is 0.322 e. The number of fused-ring (bicyclic) bond motifs is 2. The van der Waals surface area contributed by atoms with Gasteiger partial charge in [0.05, 0.1) is 16.1 Å². The van der Waals surface area contributed by atoms with Crippen molar-refractivity contribution in [2.45, 2.75) is 6.92 Å². The number of hydrogen-bond acceptors (Lipinski definition) is 3. The van der Waals surface area contributed by atoms with Crippen LogP contribution in [0.2, 0.25) is 5.02 Å². The molecule has 0 spiro atoms. The molecule has 0 saturated heterocycles. The van der Waals surface area contributed by atoms with Gasteiger partial charge in [0.2, 0.25) is 0 Å². The Kier molecular flexibility index (Phi) is 4.65. The van der Waals surface area contributed by atoms with E-state index in [0.29, 0.717) is 16.8 Å². The van der Waals surface area contributed by atoms with Gasteiger partial charge in [0.15, 0.2) is 11.6 Å². The van der Waals surface area contributed by atoms with Gasteiger partial charge in [-0.3, -0.25) is 14.4 Å². The van der Waals surface area contributed by atoms with Crippen LogP contribution in [0.1, 0.15) is 47.8 Å². The van der Waals surface area contributed by atoms with Gasteiger partial charge in [0.25, 0.3) is 5.91 Å². The van der Waals surface area contributed by atoms with Crippen molar-refractivity contribution in [2.24, 2.45) is 0 Å². The van der Waals surface area contributed by atoms with E-state index in [0.717, 1.165) is 10.0 Å². The minimum atomic E-state index is -0.450. The molecule has 3 aromatic carbocycles. The lowest BCUT2D eigenvalue weighted by molar-refractivity contribution is 0.0978. The zero-order chi connectivity index (χ0) is 20.0. The fourth-order valence-corrected chi connectivity index (χ4v) is 3.83. The molecule has 28 heavy (non-hydrogen) atoms. The molecule has 1 aliphatic carbocycles. The van der Waals surface area contributed by atoms with Crippen LogP contribution in [0.15, 0.2) is 59.1 Å². The number of amides is 1. The number of nitrogens with one attached hydrogen (secondary N) is 1. The molecule has 6 heteroatoms. The molecule has 0 aliphatic heterocycles. The van der Waals surface area contributed by atoms with E-state index in [1.807, 2.05) is 19.1 Å². The van der Waals surface area contributed by atoms with E-state index in [-0.39, 0.29) is 33.3 Å².